The van der Waals surface area contributed by atoms with E-state index in [1.807, 2.05) is 42.5 Å². The number of halogens is 1. The lowest BCUT2D eigenvalue weighted by molar-refractivity contribution is 0.151. The Morgan fingerprint density at radius 1 is 1.14 bits per heavy atom. The van der Waals surface area contributed by atoms with Crippen LogP contribution in [0.1, 0.15) is 11.7 Å². The molecule has 6 nitrogen and oxygen atoms in total. The first kappa shape index (κ1) is 13.8. The van der Waals surface area contributed by atoms with Gasteiger partial charge >= 0.3 is 0 Å². The second kappa shape index (κ2) is 6.11. The Hall–Kier alpha value is -2.12. The number of tetrazole rings is 1. The first-order valence-electron chi connectivity index (χ1n) is 6.35. The number of benzene rings is 1. The van der Waals surface area contributed by atoms with Crippen LogP contribution in [0.25, 0.3) is 11.5 Å². The molecule has 0 aliphatic rings. The lowest BCUT2D eigenvalue weighted by atomic mass is 10.1. The summed E-state index contributed by atoms with van der Waals surface area (Å²) in [6.07, 6.45) is 0.989. The van der Waals surface area contributed by atoms with E-state index in [0.29, 0.717) is 11.5 Å². The Labute approximate surface area is 129 Å². The fourth-order valence-electron chi connectivity index (χ4n) is 1.96. The average Bonchev–Trinajstić information content (AvgIpc) is 2.97. The third-order valence-electron chi connectivity index (χ3n) is 3.03. The van der Waals surface area contributed by atoms with Gasteiger partial charge in [0.15, 0.2) is 0 Å². The number of hydrogen-bond donors (Lipinski definition) is 1. The molecular weight excluding hydrogens is 334 g/mol. The quantitative estimate of drug-likeness (QED) is 0.784. The van der Waals surface area contributed by atoms with E-state index in [1.54, 1.807) is 10.9 Å². The third kappa shape index (κ3) is 3.14. The fourth-order valence-corrected chi connectivity index (χ4v) is 2.22. The number of rotatable bonds is 4. The van der Waals surface area contributed by atoms with Gasteiger partial charge in [0.2, 0.25) is 5.82 Å². The highest BCUT2D eigenvalue weighted by Gasteiger charge is 2.15. The van der Waals surface area contributed by atoms with Crippen LogP contribution in [0.3, 0.4) is 0 Å². The van der Waals surface area contributed by atoms with E-state index in [-0.39, 0.29) is 6.54 Å². The monoisotopic (exact) mass is 345 g/mol. The van der Waals surface area contributed by atoms with Crippen molar-refractivity contribution in [1.82, 2.24) is 25.2 Å². The van der Waals surface area contributed by atoms with Crippen LogP contribution in [0.5, 0.6) is 0 Å². The lowest BCUT2D eigenvalue weighted by Crippen LogP contribution is -2.11. The Kier molecular flexibility index (Phi) is 4.03. The zero-order valence-electron chi connectivity index (χ0n) is 11.0. The van der Waals surface area contributed by atoms with Crippen LogP contribution in [0.4, 0.5) is 0 Å². The minimum atomic E-state index is -0.691. The third-order valence-corrected chi connectivity index (χ3v) is 3.56. The summed E-state index contributed by atoms with van der Waals surface area (Å²) >= 11 is 3.37. The normalized spacial score (nSPS) is 12.3. The topological polar surface area (TPSA) is 76.7 Å². The van der Waals surface area contributed by atoms with Crippen molar-refractivity contribution in [3.05, 3.63) is 58.7 Å². The number of hydrogen-bond acceptors (Lipinski definition) is 5. The van der Waals surface area contributed by atoms with Gasteiger partial charge in [-0.25, -0.2) is 4.68 Å². The van der Waals surface area contributed by atoms with E-state index in [9.17, 15) is 5.11 Å². The second-order valence-electron chi connectivity index (χ2n) is 4.47. The molecule has 0 saturated carbocycles. The van der Waals surface area contributed by atoms with Crippen molar-refractivity contribution in [1.29, 1.82) is 0 Å². The van der Waals surface area contributed by atoms with Gasteiger partial charge in [0, 0.05) is 10.7 Å². The maximum atomic E-state index is 10.3. The van der Waals surface area contributed by atoms with Crippen LogP contribution in [-0.4, -0.2) is 30.3 Å². The number of aromatic nitrogens is 5. The van der Waals surface area contributed by atoms with E-state index in [0.717, 1.165) is 10.0 Å². The molecule has 0 fully saturated rings. The molecule has 7 heteroatoms. The van der Waals surface area contributed by atoms with Crippen LogP contribution in [0, 0.1) is 0 Å². The molecule has 0 amide bonds. The summed E-state index contributed by atoms with van der Waals surface area (Å²) in [4.78, 5) is 4.22. The van der Waals surface area contributed by atoms with Gasteiger partial charge in [-0.1, -0.05) is 34.1 Å². The van der Waals surface area contributed by atoms with Crippen molar-refractivity contribution < 1.29 is 5.11 Å². The van der Waals surface area contributed by atoms with E-state index in [1.165, 1.54) is 0 Å². The maximum Gasteiger partial charge on any atom is 0.200 e. The molecule has 21 heavy (non-hydrogen) atoms. The molecule has 3 rings (SSSR count). The summed E-state index contributed by atoms with van der Waals surface area (Å²) in [5.41, 5.74) is 1.48. The minimum Gasteiger partial charge on any atom is -0.386 e. The van der Waals surface area contributed by atoms with E-state index < -0.39 is 6.10 Å². The molecule has 0 spiro atoms. The molecule has 1 atom stereocenters. The summed E-state index contributed by atoms with van der Waals surface area (Å²) < 4.78 is 2.52. The summed E-state index contributed by atoms with van der Waals surface area (Å²) in [7, 11) is 0. The number of nitrogens with zero attached hydrogens (tertiary/aromatic N) is 5. The highest BCUT2D eigenvalue weighted by molar-refractivity contribution is 9.10. The predicted octanol–water partition coefficient (Wildman–Crippen LogP) is 2.23. The smallest absolute Gasteiger partial charge is 0.200 e. The van der Waals surface area contributed by atoms with Gasteiger partial charge in [-0.15, -0.1) is 5.10 Å². The van der Waals surface area contributed by atoms with E-state index in [2.05, 4.69) is 36.4 Å². The molecule has 3 aromatic rings. The summed E-state index contributed by atoms with van der Waals surface area (Å²) in [6.45, 7) is 0.264. The number of aliphatic hydroxyl groups excluding tert-OH is 1. The molecule has 0 bridgehead atoms. The number of aliphatic hydroxyl groups is 1. The molecule has 1 unspecified atom stereocenters. The molecule has 2 aromatic heterocycles. The Morgan fingerprint density at radius 2 is 1.95 bits per heavy atom. The van der Waals surface area contributed by atoms with E-state index in [4.69, 9.17) is 0 Å². The molecule has 0 aliphatic carbocycles. The fraction of sp³-hybridized carbons (Fsp3) is 0.143. The summed E-state index contributed by atoms with van der Waals surface area (Å²) in [6, 6.07) is 13.0. The molecule has 1 N–H and O–H groups in total. The van der Waals surface area contributed by atoms with Crippen LogP contribution in [0.2, 0.25) is 0 Å². The van der Waals surface area contributed by atoms with Gasteiger partial charge in [-0.2, -0.15) is 0 Å². The van der Waals surface area contributed by atoms with Gasteiger partial charge < -0.3 is 5.11 Å². The van der Waals surface area contributed by atoms with Crippen molar-refractivity contribution in [2.45, 2.75) is 12.6 Å². The molecule has 106 valence electrons. The van der Waals surface area contributed by atoms with Crippen molar-refractivity contribution >= 4 is 15.9 Å². The molecule has 2 heterocycles. The lowest BCUT2D eigenvalue weighted by Gasteiger charge is -2.11. The van der Waals surface area contributed by atoms with Crippen molar-refractivity contribution in [3.63, 3.8) is 0 Å². The van der Waals surface area contributed by atoms with Gasteiger partial charge in [-0.05, 0) is 40.3 Å². The largest absolute Gasteiger partial charge is 0.386 e. The standard InChI is InChI=1S/C14H12BrN5O/c15-11-6-4-10(5-7-11)13(21)9-20-14(17-18-19-20)12-3-1-2-8-16-12/h1-8,13,21H,9H2. The molecule has 0 radical (unpaired) electrons. The summed E-state index contributed by atoms with van der Waals surface area (Å²) in [5, 5.41) is 21.9. The van der Waals surface area contributed by atoms with Gasteiger partial charge in [-0.3, -0.25) is 4.98 Å². The van der Waals surface area contributed by atoms with Crippen LogP contribution in [-0.2, 0) is 6.54 Å². The zero-order valence-corrected chi connectivity index (χ0v) is 12.6. The van der Waals surface area contributed by atoms with Gasteiger partial charge in [0.25, 0.3) is 0 Å². The molecular formula is C14H12BrN5O. The van der Waals surface area contributed by atoms with Crippen LogP contribution >= 0.6 is 15.9 Å². The van der Waals surface area contributed by atoms with Gasteiger partial charge in [0.1, 0.15) is 5.69 Å². The Balaban J connectivity index is 1.83. The molecule has 0 saturated heterocycles. The first-order valence-corrected chi connectivity index (χ1v) is 7.14. The Morgan fingerprint density at radius 3 is 2.67 bits per heavy atom. The average molecular weight is 346 g/mol. The van der Waals surface area contributed by atoms with Crippen molar-refractivity contribution in [2.24, 2.45) is 0 Å². The zero-order chi connectivity index (χ0) is 14.7. The molecule has 0 aliphatic heterocycles. The highest BCUT2D eigenvalue weighted by Crippen LogP contribution is 2.20. The highest BCUT2D eigenvalue weighted by atomic mass is 79.9. The van der Waals surface area contributed by atoms with Crippen molar-refractivity contribution in [3.8, 4) is 11.5 Å². The second-order valence-corrected chi connectivity index (χ2v) is 5.38. The molecule has 1 aromatic carbocycles. The van der Waals surface area contributed by atoms with Crippen LogP contribution < -0.4 is 0 Å². The van der Waals surface area contributed by atoms with Gasteiger partial charge in [0.05, 0.1) is 12.6 Å². The van der Waals surface area contributed by atoms with Crippen LogP contribution in [0.15, 0.2) is 53.1 Å². The summed E-state index contributed by atoms with van der Waals surface area (Å²) in [5.74, 6) is 0.534. The Bertz CT molecular complexity index is 714. The SMILES string of the molecule is OC(Cn1nnnc1-c1ccccn1)c1ccc(Br)cc1. The van der Waals surface area contributed by atoms with Crippen molar-refractivity contribution in [2.75, 3.05) is 0 Å². The maximum absolute atomic E-state index is 10.3. The van der Waals surface area contributed by atoms with E-state index >= 15 is 0 Å². The predicted molar refractivity (Wildman–Crippen MR) is 80.1 cm³/mol. The first-order chi connectivity index (χ1) is 10.2. The number of pyridine rings is 1. The minimum absolute atomic E-state index is 0.264.